The second kappa shape index (κ2) is 9.49. The minimum Gasteiger partial charge on any atom is -0.395 e. The Morgan fingerprint density at radius 3 is 2.82 bits per heavy atom. The van der Waals surface area contributed by atoms with E-state index in [2.05, 4.69) is 5.32 Å². The van der Waals surface area contributed by atoms with Crippen molar-refractivity contribution in [3.8, 4) is 0 Å². The first-order valence-electron chi connectivity index (χ1n) is 9.85. The molecular weight excluding hydrogens is 374 g/mol. The highest BCUT2D eigenvalue weighted by Crippen LogP contribution is 2.19. The average molecular weight is 404 g/mol. The molecule has 1 fully saturated rings. The molecule has 1 amide bonds. The van der Waals surface area contributed by atoms with E-state index in [1.165, 1.54) is 4.88 Å². The summed E-state index contributed by atoms with van der Waals surface area (Å²) in [5.41, 5.74) is 0.659. The molecular formula is C21H29N3O3S. The third-order valence-corrected chi connectivity index (χ3v) is 6.23. The van der Waals surface area contributed by atoms with Gasteiger partial charge in [0.25, 0.3) is 11.5 Å². The zero-order valence-electron chi connectivity index (χ0n) is 16.6. The number of nitrogens with zero attached hydrogens (tertiary/aromatic N) is 2. The van der Waals surface area contributed by atoms with Crippen LogP contribution >= 0.6 is 11.3 Å². The highest BCUT2D eigenvalue weighted by molar-refractivity contribution is 7.11. The number of aromatic nitrogens is 1. The van der Waals surface area contributed by atoms with Gasteiger partial charge in [0.15, 0.2) is 0 Å². The van der Waals surface area contributed by atoms with Crippen LogP contribution in [0.1, 0.15) is 38.5 Å². The fourth-order valence-corrected chi connectivity index (χ4v) is 4.62. The standard InChI is InChI=1S/C21H29N3O3S/c1-15-7-9-23(13-17-4-3-8-22-12-17)20(26)19(15)21(27)24(10-11-25)14-18-6-5-16(2)28-18/h5-7,9,17,22,25H,3-4,8,10-14H2,1-2H3. The van der Waals surface area contributed by atoms with E-state index < -0.39 is 0 Å². The summed E-state index contributed by atoms with van der Waals surface area (Å²) in [5, 5.41) is 12.8. The number of thiophene rings is 1. The third kappa shape index (κ3) is 4.90. The topological polar surface area (TPSA) is 74.6 Å². The van der Waals surface area contributed by atoms with Crippen molar-refractivity contribution >= 4 is 17.2 Å². The number of carbonyl (C=O) groups excluding carboxylic acids is 1. The van der Waals surface area contributed by atoms with Gasteiger partial charge in [0.05, 0.1) is 13.2 Å². The van der Waals surface area contributed by atoms with Gasteiger partial charge in [-0.2, -0.15) is 0 Å². The Kier molecular flexibility index (Phi) is 7.04. The predicted molar refractivity (Wildman–Crippen MR) is 112 cm³/mol. The van der Waals surface area contributed by atoms with Gasteiger partial charge in [0.1, 0.15) is 5.56 Å². The monoisotopic (exact) mass is 403 g/mol. The Morgan fingerprint density at radius 1 is 1.36 bits per heavy atom. The summed E-state index contributed by atoms with van der Waals surface area (Å²) in [6.45, 7) is 6.84. The number of piperidine rings is 1. The maximum absolute atomic E-state index is 13.2. The first-order chi connectivity index (χ1) is 13.5. The first kappa shape index (κ1) is 20.8. The highest BCUT2D eigenvalue weighted by atomic mass is 32.1. The van der Waals surface area contributed by atoms with Crippen molar-refractivity contribution in [2.24, 2.45) is 5.92 Å². The van der Waals surface area contributed by atoms with Crippen LogP contribution in [-0.4, -0.2) is 46.7 Å². The molecule has 1 aliphatic rings. The van der Waals surface area contributed by atoms with Crippen molar-refractivity contribution in [2.75, 3.05) is 26.2 Å². The van der Waals surface area contributed by atoms with Gasteiger partial charge >= 0.3 is 0 Å². The molecule has 1 saturated heterocycles. The molecule has 152 valence electrons. The van der Waals surface area contributed by atoms with E-state index in [9.17, 15) is 14.7 Å². The largest absolute Gasteiger partial charge is 0.395 e. The summed E-state index contributed by atoms with van der Waals surface area (Å²) in [6.07, 6.45) is 3.99. The first-order valence-corrected chi connectivity index (χ1v) is 10.7. The fourth-order valence-electron chi connectivity index (χ4n) is 3.72. The minimum atomic E-state index is -0.307. The molecule has 2 aromatic rings. The van der Waals surface area contributed by atoms with Crippen LogP contribution in [0.5, 0.6) is 0 Å². The van der Waals surface area contributed by atoms with E-state index in [-0.39, 0.29) is 30.2 Å². The molecule has 28 heavy (non-hydrogen) atoms. The van der Waals surface area contributed by atoms with Crippen LogP contribution in [0, 0.1) is 19.8 Å². The second-order valence-corrected chi connectivity index (χ2v) is 8.88. The number of nitrogens with one attached hydrogen (secondary N) is 1. The summed E-state index contributed by atoms with van der Waals surface area (Å²) in [5.74, 6) is 0.0958. The molecule has 1 aliphatic heterocycles. The van der Waals surface area contributed by atoms with Crippen LogP contribution in [0.4, 0.5) is 0 Å². The van der Waals surface area contributed by atoms with Crippen molar-refractivity contribution in [1.82, 2.24) is 14.8 Å². The molecule has 0 aromatic carbocycles. The molecule has 0 saturated carbocycles. The lowest BCUT2D eigenvalue weighted by molar-refractivity contribution is 0.0706. The maximum Gasteiger partial charge on any atom is 0.263 e. The van der Waals surface area contributed by atoms with E-state index in [1.54, 1.807) is 33.9 Å². The lowest BCUT2D eigenvalue weighted by Gasteiger charge is -2.25. The zero-order valence-corrected chi connectivity index (χ0v) is 17.4. The van der Waals surface area contributed by atoms with Gasteiger partial charge in [-0.05, 0) is 69.5 Å². The number of aliphatic hydroxyl groups is 1. The minimum absolute atomic E-state index is 0.135. The maximum atomic E-state index is 13.2. The fraction of sp³-hybridized carbons (Fsp3) is 0.524. The third-order valence-electron chi connectivity index (χ3n) is 5.24. The van der Waals surface area contributed by atoms with Crippen LogP contribution in [-0.2, 0) is 13.1 Å². The van der Waals surface area contributed by atoms with E-state index in [1.807, 2.05) is 25.1 Å². The van der Waals surface area contributed by atoms with E-state index in [0.717, 1.165) is 30.8 Å². The summed E-state index contributed by atoms with van der Waals surface area (Å²) in [7, 11) is 0. The van der Waals surface area contributed by atoms with Gasteiger partial charge in [-0.3, -0.25) is 9.59 Å². The lowest BCUT2D eigenvalue weighted by atomic mass is 9.99. The lowest BCUT2D eigenvalue weighted by Crippen LogP contribution is -2.40. The van der Waals surface area contributed by atoms with Gasteiger partial charge in [-0.1, -0.05) is 0 Å². The van der Waals surface area contributed by atoms with Gasteiger partial charge in [0, 0.05) is 29.0 Å². The Bertz CT molecular complexity index is 868. The SMILES string of the molecule is Cc1ccc(CN(CCO)C(=O)c2c(C)ccn(CC3CCCNC3)c2=O)s1. The van der Waals surface area contributed by atoms with Gasteiger partial charge in [0.2, 0.25) is 0 Å². The number of carbonyl (C=O) groups is 1. The van der Waals surface area contributed by atoms with Crippen molar-refractivity contribution in [2.45, 2.75) is 39.8 Å². The zero-order chi connectivity index (χ0) is 20.1. The number of pyridine rings is 1. The highest BCUT2D eigenvalue weighted by Gasteiger charge is 2.23. The molecule has 1 atom stereocenters. The smallest absolute Gasteiger partial charge is 0.263 e. The summed E-state index contributed by atoms with van der Waals surface area (Å²) < 4.78 is 1.67. The van der Waals surface area contributed by atoms with Crippen LogP contribution in [0.15, 0.2) is 29.2 Å². The Hall–Kier alpha value is -1.96. The number of rotatable bonds is 7. The van der Waals surface area contributed by atoms with Crippen LogP contribution in [0.3, 0.4) is 0 Å². The molecule has 2 aromatic heterocycles. The molecule has 2 N–H and O–H groups in total. The van der Waals surface area contributed by atoms with Crippen LogP contribution < -0.4 is 10.9 Å². The Labute approximate surface area is 169 Å². The molecule has 6 nitrogen and oxygen atoms in total. The molecule has 3 rings (SSSR count). The number of hydrogen-bond acceptors (Lipinski definition) is 5. The molecule has 0 spiro atoms. The van der Waals surface area contributed by atoms with Gasteiger partial charge in [-0.15, -0.1) is 11.3 Å². The Morgan fingerprint density at radius 2 is 2.18 bits per heavy atom. The molecule has 7 heteroatoms. The van der Waals surface area contributed by atoms with Gasteiger partial charge < -0.3 is 19.9 Å². The number of hydrogen-bond donors (Lipinski definition) is 2. The molecule has 0 aliphatic carbocycles. The van der Waals surface area contributed by atoms with Crippen LogP contribution in [0.2, 0.25) is 0 Å². The average Bonchev–Trinajstić information content (AvgIpc) is 3.09. The molecule has 3 heterocycles. The van der Waals surface area contributed by atoms with Crippen molar-refractivity contribution < 1.29 is 9.90 Å². The molecule has 0 bridgehead atoms. The van der Waals surface area contributed by atoms with E-state index >= 15 is 0 Å². The predicted octanol–water partition coefficient (Wildman–Crippen LogP) is 2.16. The van der Waals surface area contributed by atoms with Gasteiger partial charge in [-0.25, -0.2) is 0 Å². The summed E-state index contributed by atoms with van der Waals surface area (Å²) in [4.78, 5) is 30.1. The van der Waals surface area contributed by atoms with Crippen molar-refractivity contribution in [1.29, 1.82) is 0 Å². The molecule has 0 radical (unpaired) electrons. The number of amides is 1. The number of aliphatic hydroxyl groups excluding tert-OH is 1. The van der Waals surface area contributed by atoms with Crippen molar-refractivity contribution in [3.63, 3.8) is 0 Å². The van der Waals surface area contributed by atoms with Crippen LogP contribution in [0.25, 0.3) is 0 Å². The summed E-state index contributed by atoms with van der Waals surface area (Å²) >= 11 is 1.62. The summed E-state index contributed by atoms with van der Waals surface area (Å²) in [6, 6.07) is 5.85. The van der Waals surface area contributed by atoms with E-state index in [4.69, 9.17) is 0 Å². The Balaban J connectivity index is 1.85. The molecule has 1 unspecified atom stereocenters. The van der Waals surface area contributed by atoms with E-state index in [0.29, 0.717) is 24.6 Å². The quantitative estimate of drug-likeness (QED) is 0.743. The normalized spacial score (nSPS) is 16.9. The number of aryl methyl sites for hydroxylation is 2. The van der Waals surface area contributed by atoms with Crippen molar-refractivity contribution in [3.05, 3.63) is 55.6 Å². The second-order valence-electron chi connectivity index (χ2n) is 7.51.